The predicted molar refractivity (Wildman–Crippen MR) is 89.5 cm³/mol. The smallest absolute Gasteiger partial charge is 0.241 e. The van der Waals surface area contributed by atoms with Crippen LogP contribution in [0, 0.1) is 19.8 Å². The highest BCUT2D eigenvalue weighted by Crippen LogP contribution is 2.21. The summed E-state index contributed by atoms with van der Waals surface area (Å²) < 4.78 is 12.5. The van der Waals surface area contributed by atoms with Crippen molar-refractivity contribution < 1.29 is 8.94 Å². The molecule has 4 rings (SSSR count). The van der Waals surface area contributed by atoms with Gasteiger partial charge in [0.05, 0.1) is 18.4 Å². The monoisotopic (exact) mass is 342 g/mol. The molecule has 1 atom stereocenters. The van der Waals surface area contributed by atoms with Gasteiger partial charge in [0.1, 0.15) is 17.9 Å². The molecule has 0 aromatic carbocycles. The third-order valence-electron chi connectivity index (χ3n) is 4.60. The van der Waals surface area contributed by atoms with Gasteiger partial charge in [-0.3, -0.25) is 4.90 Å². The number of piperidine rings is 1. The molecule has 3 aromatic rings. The quantitative estimate of drug-likeness (QED) is 0.704. The second-order valence-corrected chi connectivity index (χ2v) is 6.66. The van der Waals surface area contributed by atoms with Gasteiger partial charge in [0, 0.05) is 13.1 Å². The molecule has 0 unspecified atom stereocenters. The Kier molecular flexibility index (Phi) is 4.35. The molecule has 132 valence electrons. The van der Waals surface area contributed by atoms with Crippen LogP contribution in [-0.4, -0.2) is 42.9 Å². The SMILES string of the molecule is Cc1nc(C)n(C[C@H]2CCCN(Cc3nc(-c4ccoc4)no3)C2)n1. The average molecular weight is 342 g/mol. The minimum atomic E-state index is 0.560. The van der Waals surface area contributed by atoms with Gasteiger partial charge >= 0.3 is 0 Å². The topological polar surface area (TPSA) is 86.0 Å². The summed E-state index contributed by atoms with van der Waals surface area (Å²) in [6, 6.07) is 1.83. The van der Waals surface area contributed by atoms with Gasteiger partial charge in [0.15, 0.2) is 0 Å². The highest BCUT2D eigenvalue weighted by molar-refractivity contribution is 5.51. The van der Waals surface area contributed by atoms with Crippen LogP contribution in [0.3, 0.4) is 0 Å². The van der Waals surface area contributed by atoms with E-state index in [4.69, 9.17) is 8.94 Å². The van der Waals surface area contributed by atoms with E-state index in [1.807, 2.05) is 24.6 Å². The molecule has 25 heavy (non-hydrogen) atoms. The van der Waals surface area contributed by atoms with Crippen LogP contribution in [0.2, 0.25) is 0 Å². The molecule has 0 saturated carbocycles. The maximum Gasteiger partial charge on any atom is 0.241 e. The molecule has 1 saturated heterocycles. The Morgan fingerprint density at radius 1 is 1.28 bits per heavy atom. The van der Waals surface area contributed by atoms with Crippen LogP contribution in [0.1, 0.15) is 30.4 Å². The van der Waals surface area contributed by atoms with Crippen molar-refractivity contribution in [2.24, 2.45) is 5.92 Å². The lowest BCUT2D eigenvalue weighted by Gasteiger charge is -2.31. The van der Waals surface area contributed by atoms with Crippen molar-refractivity contribution in [2.75, 3.05) is 13.1 Å². The Balaban J connectivity index is 1.37. The first-order valence-corrected chi connectivity index (χ1v) is 8.63. The first kappa shape index (κ1) is 16.0. The molecule has 8 heteroatoms. The van der Waals surface area contributed by atoms with E-state index < -0.39 is 0 Å². The lowest BCUT2D eigenvalue weighted by atomic mass is 9.98. The lowest BCUT2D eigenvalue weighted by Crippen LogP contribution is -2.37. The Morgan fingerprint density at radius 2 is 2.20 bits per heavy atom. The number of likely N-dealkylation sites (tertiary alicyclic amines) is 1. The normalized spacial score (nSPS) is 18.7. The van der Waals surface area contributed by atoms with E-state index in [1.54, 1.807) is 12.5 Å². The first-order chi connectivity index (χ1) is 12.2. The first-order valence-electron chi connectivity index (χ1n) is 8.63. The molecule has 0 N–H and O–H groups in total. The molecule has 0 bridgehead atoms. The highest BCUT2D eigenvalue weighted by atomic mass is 16.5. The van der Waals surface area contributed by atoms with Gasteiger partial charge in [-0.2, -0.15) is 10.1 Å². The zero-order valence-corrected chi connectivity index (χ0v) is 14.6. The Labute approximate surface area is 145 Å². The van der Waals surface area contributed by atoms with Crippen LogP contribution < -0.4 is 0 Å². The number of nitrogens with zero attached hydrogens (tertiary/aromatic N) is 6. The Bertz CT molecular complexity index is 822. The molecule has 1 aliphatic rings. The second-order valence-electron chi connectivity index (χ2n) is 6.66. The van der Waals surface area contributed by atoms with Crippen LogP contribution >= 0.6 is 0 Å². The molecule has 0 amide bonds. The molecule has 8 nitrogen and oxygen atoms in total. The maximum absolute atomic E-state index is 5.40. The summed E-state index contributed by atoms with van der Waals surface area (Å²) in [4.78, 5) is 11.2. The van der Waals surface area contributed by atoms with E-state index in [-0.39, 0.29) is 0 Å². The molecule has 3 aromatic heterocycles. The van der Waals surface area contributed by atoms with Gasteiger partial charge in [0.2, 0.25) is 11.7 Å². The summed E-state index contributed by atoms with van der Waals surface area (Å²) in [6.07, 6.45) is 5.60. The minimum Gasteiger partial charge on any atom is -0.472 e. The predicted octanol–water partition coefficient (Wildman–Crippen LogP) is 2.45. The number of hydrogen-bond donors (Lipinski definition) is 0. The molecule has 0 aliphatic carbocycles. The van der Waals surface area contributed by atoms with Crippen LogP contribution in [0.15, 0.2) is 27.5 Å². The van der Waals surface area contributed by atoms with Crippen molar-refractivity contribution in [3.8, 4) is 11.4 Å². The second kappa shape index (κ2) is 6.79. The van der Waals surface area contributed by atoms with E-state index in [9.17, 15) is 0 Å². The molecular weight excluding hydrogens is 320 g/mol. The average Bonchev–Trinajstić information content (AvgIpc) is 3.30. The van der Waals surface area contributed by atoms with Gasteiger partial charge in [-0.1, -0.05) is 5.16 Å². The largest absolute Gasteiger partial charge is 0.472 e. The molecule has 0 spiro atoms. The minimum absolute atomic E-state index is 0.560. The molecule has 1 fully saturated rings. The summed E-state index contributed by atoms with van der Waals surface area (Å²) in [5.41, 5.74) is 0.837. The van der Waals surface area contributed by atoms with E-state index >= 15 is 0 Å². The van der Waals surface area contributed by atoms with Gasteiger partial charge in [0.25, 0.3) is 0 Å². The molecule has 0 radical (unpaired) electrons. The van der Waals surface area contributed by atoms with Gasteiger partial charge < -0.3 is 8.94 Å². The fourth-order valence-electron chi connectivity index (χ4n) is 3.44. The van der Waals surface area contributed by atoms with Crippen molar-refractivity contribution in [3.05, 3.63) is 36.1 Å². The van der Waals surface area contributed by atoms with Gasteiger partial charge in [-0.15, -0.1) is 0 Å². The Hall–Kier alpha value is -2.48. The zero-order chi connectivity index (χ0) is 17.2. The zero-order valence-electron chi connectivity index (χ0n) is 14.6. The molecular formula is C17H22N6O2. The van der Waals surface area contributed by atoms with Crippen molar-refractivity contribution in [3.63, 3.8) is 0 Å². The molecule has 1 aliphatic heterocycles. The van der Waals surface area contributed by atoms with Crippen LogP contribution in [-0.2, 0) is 13.1 Å². The van der Waals surface area contributed by atoms with Crippen molar-refractivity contribution in [1.82, 2.24) is 29.8 Å². The summed E-state index contributed by atoms with van der Waals surface area (Å²) in [5, 5.41) is 8.51. The van der Waals surface area contributed by atoms with E-state index in [1.165, 1.54) is 12.8 Å². The summed E-state index contributed by atoms with van der Waals surface area (Å²) in [5.74, 6) is 3.60. The molecule has 4 heterocycles. The number of aryl methyl sites for hydroxylation is 2. The maximum atomic E-state index is 5.40. The van der Waals surface area contributed by atoms with Crippen LogP contribution in [0.4, 0.5) is 0 Å². The van der Waals surface area contributed by atoms with Gasteiger partial charge in [-0.05, 0) is 45.2 Å². The standard InChI is InChI=1S/C17H22N6O2/c1-12-18-13(2)23(20-12)9-14-4-3-6-22(8-14)10-16-19-17(21-25-16)15-5-7-24-11-15/h5,7,11,14H,3-4,6,8-10H2,1-2H3/t14-/m0/s1. The fraction of sp³-hybridized carbons (Fsp3) is 0.529. The summed E-state index contributed by atoms with van der Waals surface area (Å²) >= 11 is 0. The van der Waals surface area contributed by atoms with Crippen LogP contribution in [0.5, 0.6) is 0 Å². The van der Waals surface area contributed by atoms with Crippen molar-refractivity contribution in [1.29, 1.82) is 0 Å². The van der Waals surface area contributed by atoms with E-state index in [2.05, 4.69) is 25.1 Å². The number of aromatic nitrogens is 5. The van der Waals surface area contributed by atoms with Crippen molar-refractivity contribution in [2.45, 2.75) is 39.8 Å². The van der Waals surface area contributed by atoms with Crippen LogP contribution in [0.25, 0.3) is 11.4 Å². The number of furan rings is 1. The summed E-state index contributed by atoms with van der Waals surface area (Å²) in [7, 11) is 0. The van der Waals surface area contributed by atoms with E-state index in [0.717, 1.165) is 36.8 Å². The third-order valence-corrected chi connectivity index (χ3v) is 4.60. The van der Waals surface area contributed by atoms with Gasteiger partial charge in [-0.25, -0.2) is 9.67 Å². The third kappa shape index (κ3) is 3.63. The van der Waals surface area contributed by atoms with Crippen molar-refractivity contribution >= 4 is 0 Å². The number of rotatable bonds is 5. The Morgan fingerprint density at radius 3 is 2.96 bits per heavy atom. The summed E-state index contributed by atoms with van der Waals surface area (Å²) in [6.45, 7) is 7.58. The fourth-order valence-corrected chi connectivity index (χ4v) is 3.44. The lowest BCUT2D eigenvalue weighted by molar-refractivity contribution is 0.138. The van der Waals surface area contributed by atoms with E-state index in [0.29, 0.717) is 24.2 Å². The highest BCUT2D eigenvalue weighted by Gasteiger charge is 2.23. The number of hydrogen-bond acceptors (Lipinski definition) is 7.